The third kappa shape index (κ3) is 5.19. The Morgan fingerprint density at radius 3 is 2.30 bits per heavy atom. The van der Waals surface area contributed by atoms with Gasteiger partial charge in [0, 0.05) is 0 Å². The number of carbonyl (C=O) groups is 1. The molecule has 0 heterocycles. The molecular formula is C24H20O3. The summed E-state index contributed by atoms with van der Waals surface area (Å²) in [5.41, 5.74) is 2.20. The first-order valence-corrected chi connectivity index (χ1v) is 8.67. The van der Waals surface area contributed by atoms with Crippen LogP contribution in [0.1, 0.15) is 21.5 Å². The van der Waals surface area contributed by atoms with Crippen molar-refractivity contribution in [2.24, 2.45) is 0 Å². The number of rotatable bonds is 7. The number of benzene rings is 3. The summed E-state index contributed by atoms with van der Waals surface area (Å²) in [6, 6.07) is 24.3. The van der Waals surface area contributed by atoms with Crippen molar-refractivity contribution < 1.29 is 14.6 Å². The van der Waals surface area contributed by atoms with Gasteiger partial charge in [0.15, 0.2) is 5.78 Å². The van der Waals surface area contributed by atoms with Crippen LogP contribution in [0.2, 0.25) is 0 Å². The molecular weight excluding hydrogens is 336 g/mol. The van der Waals surface area contributed by atoms with Crippen molar-refractivity contribution in [3.63, 3.8) is 0 Å². The first-order chi connectivity index (χ1) is 13.2. The molecule has 0 atom stereocenters. The number of hydrogen-bond acceptors (Lipinski definition) is 3. The van der Waals surface area contributed by atoms with E-state index >= 15 is 0 Å². The molecule has 3 aromatic rings. The van der Waals surface area contributed by atoms with Gasteiger partial charge in [0.2, 0.25) is 0 Å². The molecule has 0 aliphatic rings. The zero-order valence-electron chi connectivity index (χ0n) is 14.8. The molecule has 0 aliphatic heterocycles. The summed E-state index contributed by atoms with van der Waals surface area (Å²) in [6.07, 6.45) is 6.77. The molecule has 3 rings (SSSR count). The highest BCUT2D eigenvalue weighted by Gasteiger charge is 2.15. The van der Waals surface area contributed by atoms with Crippen molar-refractivity contribution in [3.05, 3.63) is 114 Å². The normalized spacial score (nSPS) is 11.1. The Morgan fingerprint density at radius 1 is 0.852 bits per heavy atom. The van der Waals surface area contributed by atoms with Crippen LogP contribution in [0.5, 0.6) is 11.5 Å². The lowest BCUT2D eigenvalue weighted by molar-refractivity contribution is 0.104. The molecule has 0 unspecified atom stereocenters. The molecule has 134 valence electrons. The van der Waals surface area contributed by atoms with E-state index in [0.29, 0.717) is 12.4 Å². The van der Waals surface area contributed by atoms with Gasteiger partial charge < -0.3 is 9.84 Å². The first kappa shape index (κ1) is 18.2. The Kier molecular flexibility index (Phi) is 6.21. The van der Waals surface area contributed by atoms with Crippen LogP contribution < -0.4 is 4.74 Å². The lowest BCUT2D eigenvalue weighted by atomic mass is 10.1. The summed E-state index contributed by atoms with van der Waals surface area (Å²) in [4.78, 5) is 12.5. The molecule has 3 heteroatoms. The molecule has 3 aromatic carbocycles. The molecule has 0 saturated carbocycles. The Morgan fingerprint density at radius 2 is 1.56 bits per heavy atom. The molecule has 1 N–H and O–H groups in total. The minimum absolute atomic E-state index is 0.0951. The van der Waals surface area contributed by atoms with Gasteiger partial charge in [0.05, 0.1) is 0 Å². The number of phenolic OH excluding ortho intramolecular Hbond substituents is 1. The van der Waals surface area contributed by atoms with E-state index in [1.54, 1.807) is 24.3 Å². The highest BCUT2D eigenvalue weighted by atomic mass is 16.5. The first-order valence-electron chi connectivity index (χ1n) is 8.67. The van der Waals surface area contributed by atoms with E-state index in [-0.39, 0.29) is 17.1 Å². The summed E-state index contributed by atoms with van der Waals surface area (Å²) in [5, 5.41) is 10.1. The van der Waals surface area contributed by atoms with Gasteiger partial charge >= 0.3 is 0 Å². The number of hydrogen-bond donors (Lipinski definition) is 1. The van der Waals surface area contributed by atoms with E-state index in [0.717, 1.165) is 11.1 Å². The second kappa shape index (κ2) is 9.20. The lowest BCUT2D eigenvalue weighted by Crippen LogP contribution is -2.02. The molecule has 0 radical (unpaired) electrons. The molecule has 0 aromatic heterocycles. The molecule has 0 amide bonds. The fraction of sp³-hybridized carbons (Fsp3) is 0.0417. The third-order valence-corrected chi connectivity index (χ3v) is 3.93. The molecule has 27 heavy (non-hydrogen) atoms. The average Bonchev–Trinajstić information content (AvgIpc) is 2.71. The smallest absolute Gasteiger partial charge is 0.193 e. The van der Waals surface area contributed by atoms with Crippen molar-refractivity contribution in [2.45, 2.75) is 6.61 Å². The van der Waals surface area contributed by atoms with Gasteiger partial charge in [0.25, 0.3) is 0 Å². The van der Waals surface area contributed by atoms with E-state index in [2.05, 4.69) is 0 Å². The highest BCUT2D eigenvalue weighted by Crippen LogP contribution is 2.29. The lowest BCUT2D eigenvalue weighted by Gasteiger charge is -2.11. The maximum atomic E-state index is 12.5. The summed E-state index contributed by atoms with van der Waals surface area (Å²) in [7, 11) is 0. The Labute approximate surface area is 158 Å². The predicted octanol–water partition coefficient (Wildman–Crippen LogP) is 5.42. The maximum Gasteiger partial charge on any atom is 0.193 e. The number of aromatic hydroxyl groups is 1. The second-order valence-electron chi connectivity index (χ2n) is 5.92. The summed E-state index contributed by atoms with van der Waals surface area (Å²) < 4.78 is 5.77. The van der Waals surface area contributed by atoms with Gasteiger partial charge in [-0.1, -0.05) is 85.0 Å². The highest BCUT2D eigenvalue weighted by molar-refractivity contribution is 6.08. The van der Waals surface area contributed by atoms with E-state index in [9.17, 15) is 9.90 Å². The van der Waals surface area contributed by atoms with E-state index in [1.165, 1.54) is 12.1 Å². The van der Waals surface area contributed by atoms with Gasteiger partial charge in [0.1, 0.15) is 23.7 Å². The number of carbonyl (C=O) groups excluding carboxylic acids is 1. The van der Waals surface area contributed by atoms with E-state index in [4.69, 9.17) is 4.74 Å². The summed E-state index contributed by atoms with van der Waals surface area (Å²) in [5.74, 6) is -0.0448. The van der Waals surface area contributed by atoms with Crippen LogP contribution in [0.3, 0.4) is 0 Å². The summed E-state index contributed by atoms with van der Waals surface area (Å²) >= 11 is 0. The largest absolute Gasteiger partial charge is 0.507 e. The van der Waals surface area contributed by atoms with E-state index in [1.807, 2.05) is 66.7 Å². The fourth-order valence-electron chi connectivity index (χ4n) is 2.58. The van der Waals surface area contributed by atoms with Crippen LogP contribution in [0.25, 0.3) is 6.08 Å². The van der Waals surface area contributed by atoms with Gasteiger partial charge in [-0.15, -0.1) is 0 Å². The Hall–Kier alpha value is -3.59. The van der Waals surface area contributed by atoms with Crippen molar-refractivity contribution in [1.29, 1.82) is 0 Å². The molecule has 0 spiro atoms. The van der Waals surface area contributed by atoms with Gasteiger partial charge in [-0.2, -0.15) is 0 Å². The van der Waals surface area contributed by atoms with Crippen LogP contribution in [0.15, 0.2) is 97.1 Å². The van der Waals surface area contributed by atoms with Gasteiger partial charge in [-0.25, -0.2) is 0 Å². The van der Waals surface area contributed by atoms with Gasteiger partial charge in [-0.05, 0) is 29.3 Å². The minimum Gasteiger partial charge on any atom is -0.507 e. The average molecular weight is 356 g/mol. The molecule has 0 fully saturated rings. The summed E-state index contributed by atoms with van der Waals surface area (Å²) in [6.45, 7) is 0.322. The number of allylic oxidation sites excluding steroid dienone is 3. The quantitative estimate of drug-likeness (QED) is 0.349. The van der Waals surface area contributed by atoms with Crippen molar-refractivity contribution >= 4 is 11.9 Å². The zero-order valence-corrected chi connectivity index (χ0v) is 14.8. The molecule has 0 bridgehead atoms. The van der Waals surface area contributed by atoms with Crippen LogP contribution in [-0.4, -0.2) is 10.9 Å². The molecule has 0 saturated heterocycles. The van der Waals surface area contributed by atoms with Crippen molar-refractivity contribution in [3.8, 4) is 11.5 Å². The zero-order chi connectivity index (χ0) is 18.9. The van der Waals surface area contributed by atoms with Crippen LogP contribution in [0, 0.1) is 0 Å². The van der Waals surface area contributed by atoms with Crippen molar-refractivity contribution in [1.82, 2.24) is 0 Å². The monoisotopic (exact) mass is 356 g/mol. The number of ketones is 1. The van der Waals surface area contributed by atoms with Crippen molar-refractivity contribution in [2.75, 3.05) is 0 Å². The Balaban J connectivity index is 1.72. The third-order valence-electron chi connectivity index (χ3n) is 3.93. The fourth-order valence-corrected chi connectivity index (χ4v) is 2.58. The van der Waals surface area contributed by atoms with Crippen LogP contribution >= 0.6 is 0 Å². The Bertz CT molecular complexity index is 942. The van der Waals surface area contributed by atoms with E-state index < -0.39 is 0 Å². The minimum atomic E-state index is -0.311. The maximum absolute atomic E-state index is 12.5. The predicted molar refractivity (Wildman–Crippen MR) is 108 cm³/mol. The second-order valence-corrected chi connectivity index (χ2v) is 5.92. The topological polar surface area (TPSA) is 46.5 Å². The SMILES string of the molecule is O=C(C=CC=Cc1ccccc1)c1c(O)cccc1OCc1ccccc1. The van der Waals surface area contributed by atoms with Gasteiger partial charge in [-0.3, -0.25) is 4.79 Å². The van der Waals surface area contributed by atoms with Crippen LogP contribution in [0.4, 0.5) is 0 Å². The molecule has 3 nitrogen and oxygen atoms in total. The number of ether oxygens (including phenoxy) is 1. The molecule has 0 aliphatic carbocycles. The standard InChI is InChI=1S/C24H20O3/c25-21(15-8-7-12-19-10-3-1-4-11-19)24-22(26)16-9-17-23(24)27-18-20-13-5-2-6-14-20/h1-17,26H,18H2. The van der Waals surface area contributed by atoms with Crippen LogP contribution in [-0.2, 0) is 6.61 Å². The number of phenols is 1.